The Hall–Kier alpha value is -3.51. The zero-order valence-corrected chi connectivity index (χ0v) is 21.0. The molecule has 1 aromatic heterocycles. The van der Waals surface area contributed by atoms with Gasteiger partial charge in [-0.15, -0.1) is 0 Å². The highest BCUT2D eigenvalue weighted by Crippen LogP contribution is 2.50. The quantitative estimate of drug-likeness (QED) is 0.155. The van der Waals surface area contributed by atoms with Crippen molar-refractivity contribution in [2.24, 2.45) is 0 Å². The Morgan fingerprint density at radius 1 is 0.854 bits per heavy atom. The van der Waals surface area contributed by atoms with Crippen LogP contribution in [0, 0.1) is 0 Å². The van der Waals surface area contributed by atoms with Crippen molar-refractivity contribution < 1.29 is 69.7 Å². The predicted octanol–water partition coefficient (Wildman–Crippen LogP) is -2.09. The smallest absolute Gasteiger partial charge is 0.229 e. The van der Waals surface area contributed by atoms with Crippen molar-refractivity contribution in [3.63, 3.8) is 0 Å². The van der Waals surface area contributed by atoms with Gasteiger partial charge in [0.05, 0.1) is 18.8 Å². The van der Waals surface area contributed by atoms with E-state index in [2.05, 4.69) is 0 Å². The zero-order chi connectivity index (χ0) is 29.7. The molecular formula is C26H28O15. The van der Waals surface area contributed by atoms with Gasteiger partial charge in [-0.3, -0.25) is 4.79 Å². The third-order valence-electron chi connectivity index (χ3n) is 7.13. The molecule has 0 saturated carbocycles. The molecule has 10 N–H and O–H groups in total. The normalized spacial score (nSPS) is 32.2. The zero-order valence-electron chi connectivity index (χ0n) is 21.0. The second kappa shape index (κ2) is 11.1. The minimum absolute atomic E-state index is 0.0749. The molecule has 3 aromatic rings. The van der Waals surface area contributed by atoms with Gasteiger partial charge in [0.15, 0.2) is 22.5 Å². The van der Waals surface area contributed by atoms with E-state index in [4.69, 9.17) is 18.6 Å². The summed E-state index contributed by atoms with van der Waals surface area (Å²) in [7, 11) is 0. The van der Waals surface area contributed by atoms with E-state index >= 15 is 0 Å². The van der Waals surface area contributed by atoms with Crippen LogP contribution in [0.3, 0.4) is 0 Å². The Balaban J connectivity index is 1.71. The number of phenols is 3. The maximum atomic E-state index is 13.3. The topological polar surface area (TPSA) is 260 Å². The summed E-state index contributed by atoms with van der Waals surface area (Å²) in [6.45, 7) is -1.33. The average Bonchev–Trinajstić information content (AvgIpc) is 2.95. The Kier molecular flexibility index (Phi) is 7.82. The summed E-state index contributed by atoms with van der Waals surface area (Å²) in [5.41, 5.74) is -1.57. The molecule has 0 amide bonds. The van der Waals surface area contributed by atoms with Crippen LogP contribution in [0.4, 0.5) is 0 Å². The van der Waals surface area contributed by atoms with Gasteiger partial charge in [0.2, 0.25) is 12.0 Å². The summed E-state index contributed by atoms with van der Waals surface area (Å²) < 4.78 is 22.1. The number of aliphatic hydroxyl groups excluding tert-OH is 7. The lowest BCUT2D eigenvalue weighted by Gasteiger charge is -2.40. The first-order chi connectivity index (χ1) is 19.4. The van der Waals surface area contributed by atoms with Gasteiger partial charge in [-0.1, -0.05) is 0 Å². The number of benzene rings is 2. The van der Waals surface area contributed by atoms with E-state index in [1.54, 1.807) is 0 Å². The van der Waals surface area contributed by atoms with Crippen molar-refractivity contribution in [3.8, 4) is 34.3 Å². The van der Waals surface area contributed by atoms with Crippen molar-refractivity contribution in [1.29, 1.82) is 0 Å². The van der Waals surface area contributed by atoms with Gasteiger partial charge in [0.25, 0.3) is 0 Å². The lowest BCUT2D eigenvalue weighted by molar-refractivity contribution is -0.277. The first-order valence-electron chi connectivity index (χ1n) is 12.4. The molecule has 0 bridgehead atoms. The van der Waals surface area contributed by atoms with Gasteiger partial charge in [-0.25, -0.2) is 0 Å². The molecule has 2 aliphatic rings. The predicted molar refractivity (Wildman–Crippen MR) is 134 cm³/mol. The number of hydrogen-bond donors (Lipinski definition) is 10. The molecule has 41 heavy (non-hydrogen) atoms. The SMILES string of the molecule is O=c1cc(-c2ccc(O)cc2)oc2c([C@H]3OC[C@H](O)[C@@H](O)[C@H]3O)c(O)c(O[C@H]3O[C@H](CO)[C@H](O)[C@@H](O)[C@H]3O)c(O)c12. The second-order valence-electron chi connectivity index (χ2n) is 9.78. The van der Waals surface area contributed by atoms with E-state index in [1.165, 1.54) is 24.3 Å². The van der Waals surface area contributed by atoms with Crippen LogP contribution in [0.2, 0.25) is 0 Å². The van der Waals surface area contributed by atoms with E-state index in [9.17, 15) is 55.9 Å². The van der Waals surface area contributed by atoms with Crippen molar-refractivity contribution in [2.45, 2.75) is 55.1 Å². The van der Waals surface area contributed by atoms with Crippen LogP contribution in [0.15, 0.2) is 39.5 Å². The lowest BCUT2D eigenvalue weighted by atomic mass is 9.92. The van der Waals surface area contributed by atoms with Gasteiger partial charge in [0, 0.05) is 11.6 Å². The van der Waals surface area contributed by atoms with E-state index in [-0.39, 0.29) is 11.5 Å². The maximum absolute atomic E-state index is 13.3. The van der Waals surface area contributed by atoms with Gasteiger partial charge >= 0.3 is 0 Å². The third-order valence-corrected chi connectivity index (χ3v) is 7.13. The summed E-state index contributed by atoms with van der Waals surface area (Å²) >= 11 is 0. The van der Waals surface area contributed by atoms with Gasteiger partial charge < -0.3 is 69.7 Å². The standard InChI is InChI=1S/C26H28O15/c27-6-13-17(32)20(35)22(37)26(40-13)41-25-18(33)14-10(29)5-12(8-1-3-9(28)4-2-8)39-23(14)15(19(25)34)24-21(36)16(31)11(30)7-38-24/h1-5,11,13,16-17,20-22,24,26-28,30-37H,6-7H2/t11-,13+,16+,17-,20+,21+,22+,24+,26+/m0/s1. The molecule has 0 spiro atoms. The Bertz CT molecular complexity index is 1470. The summed E-state index contributed by atoms with van der Waals surface area (Å²) in [6.07, 6.45) is -15.7. The number of fused-ring (bicyclic) bond motifs is 1. The fourth-order valence-electron chi connectivity index (χ4n) is 4.85. The van der Waals surface area contributed by atoms with Crippen LogP contribution >= 0.6 is 0 Å². The van der Waals surface area contributed by atoms with E-state index in [1.807, 2.05) is 0 Å². The monoisotopic (exact) mass is 580 g/mol. The van der Waals surface area contributed by atoms with Gasteiger partial charge in [-0.05, 0) is 24.3 Å². The molecule has 0 aliphatic carbocycles. The fourth-order valence-corrected chi connectivity index (χ4v) is 4.85. The molecule has 0 radical (unpaired) electrons. The first kappa shape index (κ1) is 29.0. The largest absolute Gasteiger partial charge is 0.508 e. The molecule has 2 saturated heterocycles. The maximum Gasteiger partial charge on any atom is 0.229 e. The van der Waals surface area contributed by atoms with Crippen LogP contribution in [-0.2, 0) is 9.47 Å². The third kappa shape index (κ3) is 4.97. The van der Waals surface area contributed by atoms with Gasteiger partial charge in [0.1, 0.15) is 65.7 Å². The van der Waals surface area contributed by atoms with E-state index < -0.39 is 108 Å². The molecule has 3 heterocycles. The van der Waals surface area contributed by atoms with E-state index in [0.717, 1.165) is 6.07 Å². The summed E-state index contributed by atoms with van der Waals surface area (Å²) in [6, 6.07) is 6.46. The van der Waals surface area contributed by atoms with Crippen LogP contribution in [0.25, 0.3) is 22.3 Å². The molecule has 9 atom stereocenters. The summed E-state index contributed by atoms with van der Waals surface area (Å²) in [4.78, 5) is 13.3. The highest BCUT2D eigenvalue weighted by Gasteiger charge is 2.47. The molecular weight excluding hydrogens is 552 g/mol. The molecule has 0 unspecified atom stereocenters. The lowest BCUT2D eigenvalue weighted by Crippen LogP contribution is -2.60. The van der Waals surface area contributed by atoms with Gasteiger partial charge in [-0.2, -0.15) is 0 Å². The molecule has 15 heteroatoms. The number of hydrogen-bond acceptors (Lipinski definition) is 15. The number of rotatable bonds is 5. The minimum atomic E-state index is -1.97. The Labute approximate surface area is 229 Å². The van der Waals surface area contributed by atoms with Crippen molar-refractivity contribution in [3.05, 3.63) is 46.1 Å². The Morgan fingerprint density at radius 3 is 2.20 bits per heavy atom. The molecule has 2 aliphatic heterocycles. The van der Waals surface area contributed by atoms with E-state index in [0.29, 0.717) is 5.56 Å². The molecule has 222 valence electrons. The molecule has 5 rings (SSSR count). The number of phenolic OH excluding ortho intramolecular Hbond substituents is 3. The van der Waals surface area contributed by atoms with Crippen LogP contribution in [0.5, 0.6) is 23.0 Å². The number of ether oxygens (including phenoxy) is 3. The highest BCUT2D eigenvalue weighted by atomic mass is 16.7. The Morgan fingerprint density at radius 2 is 1.54 bits per heavy atom. The van der Waals surface area contributed by atoms with Crippen molar-refractivity contribution >= 4 is 11.0 Å². The average molecular weight is 580 g/mol. The molecule has 2 fully saturated rings. The minimum Gasteiger partial charge on any atom is -0.508 e. The van der Waals surface area contributed by atoms with Crippen molar-refractivity contribution in [2.75, 3.05) is 13.2 Å². The summed E-state index contributed by atoms with van der Waals surface area (Å²) in [5, 5.41) is 102. The molecule has 2 aromatic carbocycles. The number of aliphatic hydroxyl groups is 7. The highest BCUT2D eigenvalue weighted by molar-refractivity contribution is 5.93. The fraction of sp³-hybridized carbons (Fsp3) is 0.423. The van der Waals surface area contributed by atoms with Crippen LogP contribution in [-0.4, -0.2) is 113 Å². The van der Waals surface area contributed by atoms with Crippen molar-refractivity contribution in [1.82, 2.24) is 0 Å². The second-order valence-corrected chi connectivity index (χ2v) is 9.78. The molecule has 15 nitrogen and oxygen atoms in total. The van der Waals surface area contributed by atoms with Crippen LogP contribution in [0.1, 0.15) is 11.7 Å². The van der Waals surface area contributed by atoms with Crippen LogP contribution < -0.4 is 10.2 Å². The number of aromatic hydroxyl groups is 3. The first-order valence-corrected chi connectivity index (χ1v) is 12.4. The summed E-state index contributed by atoms with van der Waals surface area (Å²) in [5.74, 6) is -3.05.